The maximum absolute atomic E-state index is 9.99. The molecule has 723 valence electrons. The monoisotopic (exact) mass is 2150 g/mol. The van der Waals surface area contributed by atoms with Crippen LogP contribution < -0.4 is 49.0 Å². The van der Waals surface area contributed by atoms with E-state index in [0.29, 0.717) is 18.0 Å². The van der Waals surface area contributed by atoms with Gasteiger partial charge in [-0.25, -0.2) is 45.8 Å². The summed E-state index contributed by atoms with van der Waals surface area (Å²) in [5.41, 5.74) is 31.4. The van der Waals surface area contributed by atoms with Gasteiger partial charge in [0.25, 0.3) is 0 Å². The molecule has 19 aromatic rings. The minimum Gasteiger partial charge on any atom is -0.655 e. The Morgan fingerprint density at radius 2 is 0.594 bits per heavy atom. The molecule has 11 aromatic carbocycles. The second-order valence-electron chi connectivity index (χ2n) is 31.2. The Morgan fingerprint density at radius 3 is 0.811 bits per heavy atom. The molecule has 0 saturated heterocycles. The number of nitrogens with one attached hydrogen (secondary N) is 11. The van der Waals surface area contributed by atoms with Gasteiger partial charge in [-0.15, -0.1) is 29.1 Å². The van der Waals surface area contributed by atoms with Crippen molar-refractivity contribution >= 4 is 105 Å². The van der Waals surface area contributed by atoms with E-state index in [9.17, 15) is 4.79 Å². The van der Waals surface area contributed by atoms with Crippen molar-refractivity contribution in [1.82, 2.24) is 75.9 Å². The maximum Gasteiger partial charge on any atom is 0.143 e. The summed E-state index contributed by atoms with van der Waals surface area (Å²) in [6.45, 7) is 14.8. The number of nitrogens with two attached hydrogens (primary N) is 2. The number of H-pyrrole nitrogens is 4. The van der Waals surface area contributed by atoms with Crippen molar-refractivity contribution in [2.45, 2.75) is 90.5 Å². The number of hydroxylamine groups is 1. The van der Waals surface area contributed by atoms with Crippen LogP contribution in [0, 0.1) is 18.2 Å². The molecule has 8 heterocycles. The zero-order valence-corrected chi connectivity index (χ0v) is 88.9. The third-order valence-electron chi connectivity index (χ3n) is 21.7. The number of hydrogen-bond donors (Lipinski definition) is 15. The van der Waals surface area contributed by atoms with Gasteiger partial charge in [-0.2, -0.15) is 91.0 Å². The number of nitrogens with zero attached hydrogens (tertiary/aromatic N) is 8. The van der Waals surface area contributed by atoms with Gasteiger partial charge in [0.15, 0.2) is 0 Å². The molecule has 17 N–H and O–H groups in total. The number of hydrogen-bond acceptors (Lipinski definition) is 24. The molecule has 0 aliphatic rings. The third kappa shape index (κ3) is 35.9. The van der Waals surface area contributed by atoms with Crippen LogP contribution in [0.4, 0.5) is 23.3 Å². The number of benzene rings is 11. The fourth-order valence-electron chi connectivity index (χ4n) is 14.4. The number of aldehydes is 1. The van der Waals surface area contributed by atoms with Crippen molar-refractivity contribution in [3.05, 3.63) is 420 Å². The summed E-state index contributed by atoms with van der Waals surface area (Å²) in [7, 11) is 2.51. The summed E-state index contributed by atoms with van der Waals surface area (Å²) >= 11 is 5.87. The number of halogens is 1. The topological polar surface area (TPSA) is 430 Å². The van der Waals surface area contributed by atoms with E-state index in [0.717, 1.165) is 168 Å². The third-order valence-corrected chi connectivity index (χ3v) is 22.1. The van der Waals surface area contributed by atoms with E-state index >= 15 is 0 Å². The minimum atomic E-state index is 0. The number of methoxy groups -OCH3 is 2. The standard InChI is InChI=1S/2C28H26N5.C21H19ClN4.C21H21N5.C7H5O.2C2H3O2.CH2NO2.H3NO.3Y/c2*1-20(23-10-6-3-7-11-23)32-27-25-16-26(33-28(25)31-19-30-27)24-14-12-22(13-15-24)18-29-17-21-8-4-2-5-9-21;2*1-14(16-5-3-2-4-6-16)25-20-18-11-19(26-21(18)24-13-23-20)17-9-7-15(12-22)8-10-17;8-6-7-4-2-1-3-5-7;2*1-4-2-3;3-1-2-4;1-2;;;/h2*3-16,19-20,29H,17-18H2,1H3,(H2,30,31,32,33);2-11,13-14H,12H2,1H3,(H2,23,24,25,26);2-11,13-14H,12,22H2,1H3,(H2,23,24,25,26);2-6H;2*1H3;4H,(H,2,3);2H,1H2;;;/q2*-1;;;4*-1;;;;/t2*20-;2*14-;;;;;;;;/m1111......../s1. The zero-order valence-electron chi connectivity index (χ0n) is 79.6. The summed E-state index contributed by atoms with van der Waals surface area (Å²) in [5.74, 6) is 7.33. The first-order valence-electron chi connectivity index (χ1n) is 44.5. The van der Waals surface area contributed by atoms with Crippen LogP contribution in [0.5, 0.6) is 0 Å². The van der Waals surface area contributed by atoms with Gasteiger partial charge in [0.1, 0.15) is 77.5 Å². The van der Waals surface area contributed by atoms with Crippen LogP contribution in [0.3, 0.4) is 0 Å². The van der Waals surface area contributed by atoms with E-state index in [-0.39, 0.29) is 122 Å². The van der Waals surface area contributed by atoms with Gasteiger partial charge in [0.2, 0.25) is 0 Å². The Labute approximate surface area is 911 Å². The number of fused-ring (bicyclic) bond motifs is 4. The maximum atomic E-state index is 9.99. The van der Waals surface area contributed by atoms with Gasteiger partial charge in [-0.3, -0.25) is 0 Å². The van der Waals surface area contributed by atoms with Gasteiger partial charge in [-0.05, 0) is 132 Å². The molecule has 0 fully saturated rings. The molecular formula is C110H108ClN21O8Y3-6. The van der Waals surface area contributed by atoms with E-state index in [2.05, 4.69) is 347 Å². The van der Waals surface area contributed by atoms with Gasteiger partial charge in [-0.1, -0.05) is 237 Å². The number of carbonyl (C=O) groups is 1. The Hall–Kier alpha value is -13.5. The summed E-state index contributed by atoms with van der Waals surface area (Å²) in [6.07, 6.45) is 8.16. The molecule has 29 nitrogen and oxygen atoms in total. The van der Waals surface area contributed by atoms with Crippen molar-refractivity contribution < 1.29 is 137 Å². The van der Waals surface area contributed by atoms with Crippen molar-refractivity contribution in [2.24, 2.45) is 11.6 Å². The van der Waals surface area contributed by atoms with Crippen molar-refractivity contribution in [3.63, 3.8) is 0 Å². The first kappa shape index (κ1) is 115. The fourth-order valence-corrected chi connectivity index (χ4v) is 14.6. The molecule has 0 aliphatic carbocycles. The molecule has 4 atom stereocenters. The summed E-state index contributed by atoms with van der Waals surface area (Å²) < 4.78 is 7.47. The first-order chi connectivity index (χ1) is 68.7. The van der Waals surface area contributed by atoms with Crippen molar-refractivity contribution in [1.29, 1.82) is 0 Å². The molecule has 0 spiro atoms. The number of aromatic amines is 4. The van der Waals surface area contributed by atoms with E-state index < -0.39 is 0 Å². The molecule has 0 bridgehead atoms. The predicted molar refractivity (Wildman–Crippen MR) is 553 cm³/mol. The first-order valence-corrected chi connectivity index (χ1v) is 45.0. The van der Waals surface area contributed by atoms with Crippen LogP contribution in [-0.2, 0) is 161 Å². The average molecular weight is 2150 g/mol. The molecule has 143 heavy (non-hydrogen) atoms. The molecule has 3 radical (unpaired) electrons. The Kier molecular flexibility index (Phi) is 50.9. The fraction of sp³-hybridized carbons (Fsp3) is 0.145. The largest absolute Gasteiger partial charge is 0.655 e. The van der Waals surface area contributed by atoms with Gasteiger partial charge < -0.3 is 102 Å². The molecule has 19 rings (SSSR count). The molecule has 1 amide bonds. The molecule has 0 unspecified atom stereocenters. The quantitative estimate of drug-likeness (QED) is 0.00496. The molecule has 33 heteroatoms. The molecule has 0 aliphatic heterocycles. The number of amides is 1. The van der Waals surface area contributed by atoms with Crippen LogP contribution in [0.2, 0.25) is 0 Å². The number of ether oxygens (including phenoxy) is 2. The molecular weight excluding hydrogens is 2050 g/mol. The number of aromatic nitrogens is 12. The number of alkyl halides is 1. The van der Waals surface area contributed by atoms with E-state index in [1.54, 1.807) is 49.6 Å². The SMILES string of the molecule is CO[C-]=O.CO[C-]=O.C[C@@H](Nc1ncnc2[nH]c(-c3ccc(CCl)cc3)cc12)c1ccccc1.C[C@@H](Nc1ncnc2[nH]c(-c3ccc(CN)cc3)cc12)c1ccccc1.C[C@@H](Nc1ncnc2[nH]c(-c3ccc(CNCc4cc[c-]cc4)cc3)cc12)c1ccccc1.C[C@@H](Nc1ncnc2[nH]c(-c3ccc(CNCc4cc[c-]cc4)cc3)cc12)c1ccccc1.NO.O=Cc1cc[c-]cc1.O=[C-]NO.[Y].[Y].[Y]. The second-order valence-corrected chi connectivity index (χ2v) is 31.4. The van der Waals surface area contributed by atoms with Crippen LogP contribution in [0.1, 0.15) is 118 Å². The Morgan fingerprint density at radius 1 is 0.364 bits per heavy atom. The van der Waals surface area contributed by atoms with E-state index in [4.69, 9.17) is 42.1 Å². The minimum absolute atomic E-state index is 0. The summed E-state index contributed by atoms with van der Waals surface area (Å²) in [6, 6.07) is 116. The summed E-state index contributed by atoms with van der Waals surface area (Å²) in [4.78, 5) is 85.5. The predicted octanol–water partition coefficient (Wildman–Crippen LogP) is 20.6. The van der Waals surface area contributed by atoms with Gasteiger partial charge in [0, 0.05) is 185 Å². The van der Waals surface area contributed by atoms with E-state index in [1.165, 1.54) is 71.7 Å². The smallest absolute Gasteiger partial charge is 0.143 e. The average Bonchev–Trinajstić information content (AvgIpc) is 1.67. The van der Waals surface area contributed by atoms with E-state index in [1.807, 2.05) is 97.1 Å². The normalized spacial score (nSPS) is 11.0. The van der Waals surface area contributed by atoms with Gasteiger partial charge in [0.05, 0.1) is 21.5 Å². The van der Waals surface area contributed by atoms with Crippen LogP contribution in [0.15, 0.2) is 341 Å². The van der Waals surface area contributed by atoms with Gasteiger partial charge >= 0.3 is 0 Å². The number of carbonyl (C=O) groups excluding carboxylic acids is 4. The number of anilines is 4. The Bertz CT molecular complexity index is 6470. The molecule has 8 aromatic heterocycles. The Balaban J connectivity index is 0.000000217. The van der Waals surface area contributed by atoms with Crippen LogP contribution in [-0.4, -0.2) is 110 Å². The second kappa shape index (κ2) is 63.4. The zero-order chi connectivity index (χ0) is 98.8. The summed E-state index contributed by atoms with van der Waals surface area (Å²) in [5, 5.41) is 38.7. The van der Waals surface area contributed by atoms with Crippen molar-refractivity contribution in [2.75, 3.05) is 35.5 Å². The molecule has 0 saturated carbocycles. The van der Waals surface area contributed by atoms with Crippen molar-refractivity contribution in [3.8, 4) is 45.0 Å². The number of rotatable bonds is 30. The van der Waals surface area contributed by atoms with Crippen LogP contribution in [0.25, 0.3) is 89.2 Å². The van der Waals surface area contributed by atoms with Crippen LogP contribution >= 0.6 is 11.6 Å².